The van der Waals surface area contributed by atoms with E-state index in [0.717, 1.165) is 22.7 Å². The van der Waals surface area contributed by atoms with Gasteiger partial charge in [0.2, 0.25) is 11.8 Å². The van der Waals surface area contributed by atoms with Crippen LogP contribution < -0.4 is 23.8 Å². The summed E-state index contributed by atoms with van der Waals surface area (Å²) in [5.41, 5.74) is 1.67. The van der Waals surface area contributed by atoms with Crippen LogP contribution >= 0.6 is 0 Å². The van der Waals surface area contributed by atoms with Crippen LogP contribution in [0.1, 0.15) is 30.9 Å². The molecule has 0 spiro atoms. The third-order valence-electron chi connectivity index (χ3n) is 7.85. The zero-order chi connectivity index (χ0) is 34.5. The topological polar surface area (TPSA) is 114 Å². The van der Waals surface area contributed by atoms with Gasteiger partial charge in [0.1, 0.15) is 29.8 Å². The number of hydrogen-bond acceptors (Lipinski definition) is 7. The molecule has 0 saturated carbocycles. The predicted octanol–water partition coefficient (Wildman–Crippen LogP) is 5.46. The Balaban J connectivity index is 1.85. The van der Waals surface area contributed by atoms with E-state index in [9.17, 15) is 18.0 Å². The fourth-order valence-corrected chi connectivity index (χ4v) is 6.69. The van der Waals surface area contributed by atoms with Gasteiger partial charge in [-0.1, -0.05) is 74.0 Å². The van der Waals surface area contributed by atoms with E-state index < -0.39 is 28.5 Å². The number of ether oxygens (including phenoxy) is 3. The molecule has 0 saturated heterocycles. The Morgan fingerprint density at radius 3 is 2.06 bits per heavy atom. The monoisotopic (exact) mass is 673 g/mol. The van der Waals surface area contributed by atoms with Crippen LogP contribution in [0.2, 0.25) is 0 Å². The molecule has 11 heteroatoms. The number of anilines is 1. The molecule has 2 amide bonds. The fraction of sp³-hybridized carbons (Fsp3) is 0.297. The van der Waals surface area contributed by atoms with Crippen LogP contribution in [0.15, 0.2) is 108 Å². The molecule has 0 unspecified atom stereocenters. The van der Waals surface area contributed by atoms with Gasteiger partial charge in [-0.25, -0.2) is 8.42 Å². The third-order valence-corrected chi connectivity index (χ3v) is 9.63. The molecule has 1 N–H and O–H groups in total. The lowest BCUT2D eigenvalue weighted by Crippen LogP contribution is -2.53. The summed E-state index contributed by atoms with van der Waals surface area (Å²) in [6.07, 6.45) is 1.86. The molecule has 1 atom stereocenters. The number of nitrogens with one attached hydrogen (secondary N) is 1. The maximum absolute atomic E-state index is 14.7. The average Bonchev–Trinajstić information content (AvgIpc) is 3.12. The first-order chi connectivity index (χ1) is 23.2. The molecule has 10 nitrogen and oxygen atoms in total. The van der Waals surface area contributed by atoms with Gasteiger partial charge in [-0.15, -0.1) is 0 Å². The van der Waals surface area contributed by atoms with Crippen LogP contribution in [0.3, 0.4) is 0 Å². The largest absolute Gasteiger partial charge is 0.497 e. The molecule has 254 valence electrons. The summed E-state index contributed by atoms with van der Waals surface area (Å²) in [5.74, 6) is 0.257. The number of carbonyl (C=O) groups excluding carboxylic acids is 2. The van der Waals surface area contributed by atoms with Crippen molar-refractivity contribution < 1.29 is 32.2 Å². The minimum absolute atomic E-state index is 0.0137. The first kappa shape index (κ1) is 35.8. The van der Waals surface area contributed by atoms with Gasteiger partial charge in [-0.05, 0) is 53.9 Å². The Morgan fingerprint density at radius 2 is 1.42 bits per heavy atom. The van der Waals surface area contributed by atoms with Gasteiger partial charge in [0.15, 0.2) is 0 Å². The van der Waals surface area contributed by atoms with Gasteiger partial charge in [0.25, 0.3) is 10.0 Å². The number of unbranched alkanes of at least 4 members (excludes halogenated alkanes) is 1. The lowest BCUT2D eigenvalue weighted by molar-refractivity contribution is -0.140. The summed E-state index contributed by atoms with van der Waals surface area (Å²) < 4.78 is 46.1. The molecule has 0 aromatic heterocycles. The SMILES string of the molecule is CCCCNC(=O)[C@@H](Cc1ccccc1)N(Cc1cccc(OC)c1)C(=O)CN(c1cc(OC)ccc1OC)S(=O)(=O)c1ccccc1. The lowest BCUT2D eigenvalue weighted by atomic mass is 10.0. The zero-order valence-electron chi connectivity index (χ0n) is 27.8. The van der Waals surface area contributed by atoms with Crippen molar-refractivity contribution in [1.29, 1.82) is 0 Å². The molecule has 0 aliphatic heterocycles. The highest BCUT2D eigenvalue weighted by molar-refractivity contribution is 7.92. The van der Waals surface area contributed by atoms with Crippen molar-refractivity contribution in [1.82, 2.24) is 10.2 Å². The molecule has 4 rings (SSSR count). The molecular formula is C37H43N3O7S. The molecule has 0 aliphatic rings. The smallest absolute Gasteiger partial charge is 0.264 e. The average molecular weight is 674 g/mol. The molecule has 0 fully saturated rings. The molecule has 0 heterocycles. The number of rotatable bonds is 17. The number of methoxy groups -OCH3 is 3. The first-order valence-electron chi connectivity index (χ1n) is 15.8. The van der Waals surface area contributed by atoms with Gasteiger partial charge in [0.05, 0.1) is 31.9 Å². The lowest BCUT2D eigenvalue weighted by Gasteiger charge is -2.34. The van der Waals surface area contributed by atoms with E-state index in [2.05, 4.69) is 5.32 Å². The quantitative estimate of drug-likeness (QED) is 0.148. The summed E-state index contributed by atoms with van der Waals surface area (Å²) >= 11 is 0. The number of amides is 2. The number of nitrogens with zero attached hydrogens (tertiary/aromatic N) is 2. The summed E-state index contributed by atoms with van der Waals surface area (Å²) in [6.45, 7) is 1.86. The Labute approximate surface area is 283 Å². The van der Waals surface area contributed by atoms with E-state index >= 15 is 0 Å². The predicted molar refractivity (Wildman–Crippen MR) is 186 cm³/mol. The Bertz CT molecular complexity index is 1750. The van der Waals surface area contributed by atoms with Crippen LogP contribution in [0.4, 0.5) is 5.69 Å². The highest BCUT2D eigenvalue weighted by Crippen LogP contribution is 2.36. The third kappa shape index (κ3) is 9.07. The van der Waals surface area contributed by atoms with Crippen LogP contribution in [0, 0.1) is 0 Å². The Morgan fingerprint density at radius 1 is 0.771 bits per heavy atom. The highest BCUT2D eigenvalue weighted by atomic mass is 32.2. The number of benzene rings is 4. The van der Waals surface area contributed by atoms with E-state index in [1.54, 1.807) is 55.6 Å². The maximum atomic E-state index is 14.7. The van der Waals surface area contributed by atoms with Crippen molar-refractivity contribution in [3.05, 3.63) is 114 Å². The van der Waals surface area contributed by atoms with Gasteiger partial charge in [-0.2, -0.15) is 0 Å². The zero-order valence-corrected chi connectivity index (χ0v) is 28.6. The molecule has 4 aromatic rings. The summed E-state index contributed by atoms with van der Waals surface area (Å²) in [6, 6.07) is 28.3. The van der Waals surface area contributed by atoms with E-state index in [-0.39, 0.29) is 35.2 Å². The van der Waals surface area contributed by atoms with Crippen molar-refractivity contribution in [3.8, 4) is 17.2 Å². The molecule has 0 bridgehead atoms. The van der Waals surface area contributed by atoms with E-state index in [1.165, 1.54) is 37.3 Å². The van der Waals surface area contributed by atoms with E-state index in [1.807, 2.05) is 43.3 Å². The number of carbonyl (C=O) groups is 2. The minimum atomic E-state index is -4.32. The second-order valence-electron chi connectivity index (χ2n) is 11.1. The van der Waals surface area contributed by atoms with Crippen molar-refractivity contribution in [3.63, 3.8) is 0 Å². The van der Waals surface area contributed by atoms with Crippen molar-refractivity contribution in [2.45, 2.75) is 43.7 Å². The normalized spacial score (nSPS) is 11.7. The van der Waals surface area contributed by atoms with Crippen LogP contribution in [-0.2, 0) is 32.6 Å². The van der Waals surface area contributed by atoms with Gasteiger partial charge in [0, 0.05) is 25.6 Å². The second kappa shape index (κ2) is 17.2. The fourth-order valence-electron chi connectivity index (χ4n) is 5.25. The second-order valence-corrected chi connectivity index (χ2v) is 12.9. The van der Waals surface area contributed by atoms with Crippen molar-refractivity contribution in [2.24, 2.45) is 0 Å². The molecular weight excluding hydrogens is 630 g/mol. The number of hydrogen-bond donors (Lipinski definition) is 1. The summed E-state index contributed by atoms with van der Waals surface area (Å²) in [5, 5.41) is 3.00. The van der Waals surface area contributed by atoms with Crippen molar-refractivity contribution >= 4 is 27.5 Å². The summed E-state index contributed by atoms with van der Waals surface area (Å²) in [7, 11) is 0.123. The number of sulfonamides is 1. The van der Waals surface area contributed by atoms with Gasteiger partial charge < -0.3 is 24.4 Å². The van der Waals surface area contributed by atoms with Crippen LogP contribution in [0.5, 0.6) is 17.2 Å². The maximum Gasteiger partial charge on any atom is 0.264 e. The molecule has 0 radical (unpaired) electrons. The Hall–Kier alpha value is -5.03. The van der Waals surface area contributed by atoms with E-state index in [4.69, 9.17) is 14.2 Å². The molecule has 0 aliphatic carbocycles. The molecule has 48 heavy (non-hydrogen) atoms. The first-order valence-corrected chi connectivity index (χ1v) is 17.2. The molecule has 4 aromatic carbocycles. The van der Waals surface area contributed by atoms with Crippen LogP contribution in [-0.4, -0.2) is 65.6 Å². The Kier molecular flexibility index (Phi) is 12.8. The summed E-state index contributed by atoms with van der Waals surface area (Å²) in [4.78, 5) is 30.1. The minimum Gasteiger partial charge on any atom is -0.497 e. The highest BCUT2D eigenvalue weighted by Gasteiger charge is 2.35. The standard InChI is InChI=1S/C37H43N3O7S/c1-5-6-22-38-37(42)34(24-28-14-9-7-10-15-28)39(26-29-16-13-17-30(23-29)45-2)36(41)27-40(48(43,44)32-18-11-8-12-19-32)33-25-31(46-3)20-21-35(33)47-4/h7-21,23,25,34H,5-6,22,24,26-27H2,1-4H3,(H,38,42)/t34-/m1/s1. The van der Waals surface area contributed by atoms with E-state index in [0.29, 0.717) is 23.6 Å². The van der Waals surface area contributed by atoms with Gasteiger partial charge in [-0.3, -0.25) is 13.9 Å². The van der Waals surface area contributed by atoms with Crippen LogP contribution in [0.25, 0.3) is 0 Å². The van der Waals surface area contributed by atoms with Crippen molar-refractivity contribution in [2.75, 3.05) is 38.7 Å². The van der Waals surface area contributed by atoms with Gasteiger partial charge >= 0.3 is 0 Å².